The number of hydrogen-bond donors (Lipinski definition) is 3. The molecule has 1 aromatic carbocycles. The van der Waals surface area contributed by atoms with Gasteiger partial charge in [0.15, 0.2) is 6.10 Å². The Bertz CT molecular complexity index is 593. The molecular formula is C15H18F3NO5. The number of benzene rings is 1. The van der Waals surface area contributed by atoms with Crippen LogP contribution in [0.1, 0.15) is 37.9 Å². The second-order valence-electron chi connectivity index (χ2n) is 6.03. The first-order valence-corrected chi connectivity index (χ1v) is 6.89. The van der Waals surface area contributed by atoms with Crippen LogP contribution in [0.2, 0.25) is 0 Å². The third-order valence-corrected chi connectivity index (χ3v) is 2.84. The molecule has 1 aromatic rings. The molecule has 0 aliphatic heterocycles. The molecule has 0 aliphatic carbocycles. The van der Waals surface area contributed by atoms with Gasteiger partial charge in [-0.05, 0) is 38.5 Å². The molecule has 0 saturated carbocycles. The van der Waals surface area contributed by atoms with E-state index in [1.165, 1.54) is 0 Å². The quantitative estimate of drug-likeness (QED) is 0.777. The minimum absolute atomic E-state index is 0.0104. The Labute approximate surface area is 136 Å². The zero-order valence-corrected chi connectivity index (χ0v) is 13.2. The molecular weight excluding hydrogens is 331 g/mol. The maximum absolute atomic E-state index is 12.6. The summed E-state index contributed by atoms with van der Waals surface area (Å²) in [7, 11) is 0. The van der Waals surface area contributed by atoms with Crippen molar-refractivity contribution < 1.29 is 37.7 Å². The van der Waals surface area contributed by atoms with Crippen LogP contribution in [0.3, 0.4) is 0 Å². The van der Waals surface area contributed by atoms with Crippen molar-refractivity contribution in [3.8, 4) is 0 Å². The predicted molar refractivity (Wildman–Crippen MR) is 77.2 cm³/mol. The second-order valence-corrected chi connectivity index (χ2v) is 6.03. The summed E-state index contributed by atoms with van der Waals surface area (Å²) in [4.78, 5) is 22.8. The molecule has 24 heavy (non-hydrogen) atoms. The van der Waals surface area contributed by atoms with Gasteiger partial charge >= 0.3 is 18.2 Å². The first kappa shape index (κ1) is 19.8. The van der Waals surface area contributed by atoms with E-state index in [1.807, 2.05) is 0 Å². The lowest BCUT2D eigenvalue weighted by Crippen LogP contribution is -2.42. The Hall–Kier alpha value is -2.29. The van der Waals surface area contributed by atoms with Gasteiger partial charge in [-0.15, -0.1) is 0 Å². The lowest BCUT2D eigenvalue weighted by atomic mass is 10.00. The normalized spacial score (nSPS) is 14.6. The second kappa shape index (κ2) is 7.08. The monoisotopic (exact) mass is 349 g/mol. The van der Waals surface area contributed by atoms with Crippen molar-refractivity contribution in [2.45, 2.75) is 44.7 Å². The zero-order valence-electron chi connectivity index (χ0n) is 13.2. The standard InChI is InChI=1S/C15H18F3NO5/c1-14(2,3)24-13(23)19-10(11(20)12(21)22)8-4-6-9(7-5-8)15(16,17)18/h4-7,10-11,20H,1-3H3,(H,19,23)(H,21,22)/t10-,11-/m0/s1. The van der Waals surface area contributed by atoms with Crippen LogP contribution in [0, 0.1) is 0 Å². The number of ether oxygens (including phenoxy) is 1. The molecule has 134 valence electrons. The average molecular weight is 349 g/mol. The summed E-state index contributed by atoms with van der Waals surface area (Å²) in [5.74, 6) is -1.64. The molecule has 3 N–H and O–H groups in total. The highest BCUT2D eigenvalue weighted by Crippen LogP contribution is 2.30. The summed E-state index contributed by atoms with van der Waals surface area (Å²) in [6, 6.07) is 1.95. The van der Waals surface area contributed by atoms with E-state index >= 15 is 0 Å². The lowest BCUT2D eigenvalue weighted by Gasteiger charge is -2.25. The van der Waals surface area contributed by atoms with Crippen LogP contribution in [0.15, 0.2) is 24.3 Å². The minimum Gasteiger partial charge on any atom is -0.479 e. The molecule has 0 bridgehead atoms. The van der Waals surface area contributed by atoms with Crippen molar-refractivity contribution in [1.29, 1.82) is 0 Å². The van der Waals surface area contributed by atoms with Crippen LogP contribution in [0.25, 0.3) is 0 Å². The number of hydrogen-bond acceptors (Lipinski definition) is 4. The van der Waals surface area contributed by atoms with Gasteiger partial charge in [0, 0.05) is 0 Å². The fraction of sp³-hybridized carbons (Fsp3) is 0.467. The molecule has 0 aliphatic rings. The summed E-state index contributed by atoms with van der Waals surface area (Å²) in [6.45, 7) is 4.73. The van der Waals surface area contributed by atoms with Gasteiger partial charge in [0.25, 0.3) is 0 Å². The van der Waals surface area contributed by atoms with E-state index in [2.05, 4.69) is 5.32 Å². The predicted octanol–water partition coefficient (Wildman–Crippen LogP) is 2.72. The van der Waals surface area contributed by atoms with Crippen LogP contribution < -0.4 is 5.32 Å². The van der Waals surface area contributed by atoms with E-state index in [1.54, 1.807) is 20.8 Å². The van der Waals surface area contributed by atoms with Crippen LogP contribution in [-0.4, -0.2) is 34.0 Å². The number of carbonyl (C=O) groups excluding carboxylic acids is 1. The number of aliphatic hydroxyl groups is 1. The number of aliphatic carboxylic acids is 1. The Kier molecular flexibility index (Phi) is 5.83. The summed E-state index contributed by atoms with van der Waals surface area (Å²) in [5, 5.41) is 20.8. The Morgan fingerprint density at radius 2 is 1.62 bits per heavy atom. The van der Waals surface area contributed by atoms with Crippen LogP contribution in [0.4, 0.5) is 18.0 Å². The number of aliphatic hydroxyl groups excluding tert-OH is 1. The molecule has 0 heterocycles. The largest absolute Gasteiger partial charge is 0.479 e. The molecule has 0 saturated heterocycles. The van der Waals surface area contributed by atoms with Crippen molar-refractivity contribution in [3.05, 3.63) is 35.4 Å². The Morgan fingerprint density at radius 1 is 1.12 bits per heavy atom. The highest BCUT2D eigenvalue weighted by Gasteiger charge is 2.33. The van der Waals surface area contributed by atoms with E-state index in [0.29, 0.717) is 0 Å². The van der Waals surface area contributed by atoms with Gasteiger partial charge in [0.2, 0.25) is 0 Å². The third kappa shape index (κ3) is 5.73. The average Bonchev–Trinajstić information content (AvgIpc) is 2.41. The summed E-state index contributed by atoms with van der Waals surface area (Å²) in [6.07, 6.45) is -7.63. The van der Waals surface area contributed by atoms with Crippen molar-refractivity contribution >= 4 is 12.1 Å². The fourth-order valence-corrected chi connectivity index (χ4v) is 1.80. The number of carboxylic acids is 1. The first-order chi connectivity index (χ1) is 10.8. The number of carboxylic acid groups (broad SMARTS) is 1. The smallest absolute Gasteiger partial charge is 0.416 e. The maximum atomic E-state index is 12.6. The van der Waals surface area contributed by atoms with Crippen molar-refractivity contribution in [3.63, 3.8) is 0 Å². The van der Waals surface area contributed by atoms with Gasteiger partial charge in [-0.2, -0.15) is 13.2 Å². The van der Waals surface area contributed by atoms with E-state index in [0.717, 1.165) is 24.3 Å². The topological polar surface area (TPSA) is 95.9 Å². The summed E-state index contributed by atoms with van der Waals surface area (Å²) in [5.41, 5.74) is -1.82. The highest BCUT2D eigenvalue weighted by molar-refractivity contribution is 5.75. The van der Waals surface area contributed by atoms with Crippen LogP contribution >= 0.6 is 0 Å². The van der Waals surface area contributed by atoms with Crippen molar-refractivity contribution in [2.24, 2.45) is 0 Å². The van der Waals surface area contributed by atoms with Gasteiger partial charge in [-0.25, -0.2) is 9.59 Å². The molecule has 1 amide bonds. The van der Waals surface area contributed by atoms with Crippen LogP contribution in [0.5, 0.6) is 0 Å². The van der Waals surface area contributed by atoms with E-state index in [4.69, 9.17) is 9.84 Å². The zero-order chi connectivity index (χ0) is 18.7. The number of halogens is 3. The van der Waals surface area contributed by atoms with E-state index < -0.39 is 41.5 Å². The highest BCUT2D eigenvalue weighted by atomic mass is 19.4. The molecule has 0 unspecified atom stereocenters. The van der Waals surface area contributed by atoms with Gasteiger partial charge in [-0.1, -0.05) is 12.1 Å². The van der Waals surface area contributed by atoms with Gasteiger partial charge in [0.1, 0.15) is 5.60 Å². The van der Waals surface area contributed by atoms with Crippen LogP contribution in [-0.2, 0) is 15.7 Å². The SMILES string of the molecule is CC(C)(C)OC(=O)N[C@@H](c1ccc(C(F)(F)F)cc1)[C@H](O)C(=O)O. The lowest BCUT2D eigenvalue weighted by molar-refractivity contribution is -0.148. The summed E-state index contributed by atoms with van der Waals surface area (Å²) >= 11 is 0. The molecule has 2 atom stereocenters. The van der Waals surface area contributed by atoms with Gasteiger partial charge in [0.05, 0.1) is 11.6 Å². The number of rotatable bonds is 4. The van der Waals surface area contributed by atoms with E-state index in [9.17, 15) is 27.9 Å². The Morgan fingerprint density at radius 3 is 2.00 bits per heavy atom. The molecule has 1 rings (SSSR count). The van der Waals surface area contributed by atoms with Crippen molar-refractivity contribution in [1.82, 2.24) is 5.32 Å². The maximum Gasteiger partial charge on any atom is 0.416 e. The summed E-state index contributed by atoms with van der Waals surface area (Å²) < 4.78 is 42.7. The number of amides is 1. The molecule has 0 radical (unpaired) electrons. The molecule has 9 heteroatoms. The Balaban J connectivity index is 3.06. The third-order valence-electron chi connectivity index (χ3n) is 2.84. The number of carbonyl (C=O) groups is 2. The minimum atomic E-state index is -4.56. The number of nitrogens with one attached hydrogen (secondary N) is 1. The van der Waals surface area contributed by atoms with Gasteiger partial charge < -0.3 is 20.3 Å². The fourth-order valence-electron chi connectivity index (χ4n) is 1.80. The van der Waals surface area contributed by atoms with E-state index in [-0.39, 0.29) is 5.56 Å². The number of alkyl halides is 3. The van der Waals surface area contributed by atoms with Gasteiger partial charge in [-0.3, -0.25) is 0 Å². The molecule has 0 spiro atoms. The molecule has 0 aromatic heterocycles. The first-order valence-electron chi connectivity index (χ1n) is 6.89. The molecule has 6 nitrogen and oxygen atoms in total. The van der Waals surface area contributed by atoms with Crippen molar-refractivity contribution in [2.75, 3.05) is 0 Å². The molecule has 0 fully saturated rings. The number of alkyl carbamates (subject to hydrolysis) is 1.